The Labute approximate surface area is 96.2 Å². The average molecular weight is 224 g/mol. The minimum atomic E-state index is 0.744. The van der Waals surface area contributed by atoms with Gasteiger partial charge in [-0.2, -0.15) is 0 Å². The van der Waals surface area contributed by atoms with Crippen molar-refractivity contribution in [3.63, 3.8) is 0 Å². The lowest BCUT2D eigenvalue weighted by Gasteiger charge is -2.08. The van der Waals surface area contributed by atoms with Gasteiger partial charge in [0, 0.05) is 20.3 Å². The van der Waals surface area contributed by atoms with Crippen LogP contribution in [0.5, 0.6) is 0 Å². The van der Waals surface area contributed by atoms with Crippen LogP contribution in [-0.4, -0.2) is 34.5 Å². The summed E-state index contributed by atoms with van der Waals surface area (Å²) in [5.74, 6) is 2.70. The standard InChI is InChI=1S/C11H20N4O/c1-9-13-14-11(15(9)2)7-12-5-3-10-4-6-16-8-10/h10,12H,3-8H2,1-2H3. The lowest BCUT2D eigenvalue weighted by Crippen LogP contribution is -2.20. The van der Waals surface area contributed by atoms with Crippen LogP contribution in [0.2, 0.25) is 0 Å². The molecule has 1 unspecified atom stereocenters. The number of nitrogens with zero attached hydrogens (tertiary/aromatic N) is 3. The van der Waals surface area contributed by atoms with E-state index >= 15 is 0 Å². The van der Waals surface area contributed by atoms with E-state index in [-0.39, 0.29) is 0 Å². The molecule has 90 valence electrons. The number of hydrogen-bond acceptors (Lipinski definition) is 4. The Morgan fingerprint density at radius 2 is 2.38 bits per heavy atom. The summed E-state index contributed by atoms with van der Waals surface area (Å²) in [5.41, 5.74) is 0. The van der Waals surface area contributed by atoms with Crippen LogP contribution in [0.15, 0.2) is 0 Å². The first-order valence-electron chi connectivity index (χ1n) is 5.90. The van der Waals surface area contributed by atoms with Crippen LogP contribution in [0, 0.1) is 12.8 Å². The largest absolute Gasteiger partial charge is 0.381 e. The van der Waals surface area contributed by atoms with Crippen molar-refractivity contribution in [3.05, 3.63) is 11.6 Å². The molecule has 1 atom stereocenters. The zero-order valence-corrected chi connectivity index (χ0v) is 10.1. The van der Waals surface area contributed by atoms with E-state index in [9.17, 15) is 0 Å². The molecular weight excluding hydrogens is 204 g/mol. The Kier molecular flexibility index (Phi) is 3.90. The second kappa shape index (κ2) is 5.41. The molecule has 16 heavy (non-hydrogen) atoms. The summed E-state index contributed by atoms with van der Waals surface area (Å²) in [5, 5.41) is 11.5. The third-order valence-electron chi connectivity index (χ3n) is 3.22. The van der Waals surface area contributed by atoms with Gasteiger partial charge in [0.1, 0.15) is 11.6 Å². The Bertz CT molecular complexity index is 331. The van der Waals surface area contributed by atoms with E-state index in [1.807, 2.05) is 18.5 Å². The van der Waals surface area contributed by atoms with Crippen molar-refractivity contribution in [2.24, 2.45) is 13.0 Å². The fraction of sp³-hybridized carbons (Fsp3) is 0.818. The molecule has 1 aliphatic rings. The number of ether oxygens (including phenoxy) is 1. The van der Waals surface area contributed by atoms with Crippen molar-refractivity contribution in [1.82, 2.24) is 20.1 Å². The molecule has 0 aliphatic carbocycles. The second-order valence-corrected chi connectivity index (χ2v) is 4.42. The summed E-state index contributed by atoms with van der Waals surface area (Å²) in [6.45, 7) is 5.66. The summed E-state index contributed by atoms with van der Waals surface area (Å²) < 4.78 is 7.36. The van der Waals surface area contributed by atoms with Gasteiger partial charge in [0.05, 0.1) is 6.54 Å². The van der Waals surface area contributed by atoms with Crippen molar-refractivity contribution in [3.8, 4) is 0 Å². The van der Waals surface area contributed by atoms with Crippen LogP contribution in [0.4, 0.5) is 0 Å². The van der Waals surface area contributed by atoms with Gasteiger partial charge in [-0.15, -0.1) is 10.2 Å². The third-order valence-corrected chi connectivity index (χ3v) is 3.22. The van der Waals surface area contributed by atoms with Crippen LogP contribution < -0.4 is 5.32 Å². The first-order valence-corrected chi connectivity index (χ1v) is 5.90. The highest BCUT2D eigenvalue weighted by Crippen LogP contribution is 2.15. The van der Waals surface area contributed by atoms with E-state index in [2.05, 4.69) is 15.5 Å². The number of aromatic nitrogens is 3. The van der Waals surface area contributed by atoms with E-state index in [4.69, 9.17) is 4.74 Å². The molecule has 1 fully saturated rings. The minimum Gasteiger partial charge on any atom is -0.381 e. The average Bonchev–Trinajstić information content (AvgIpc) is 2.88. The van der Waals surface area contributed by atoms with Crippen molar-refractivity contribution >= 4 is 0 Å². The molecule has 5 heteroatoms. The van der Waals surface area contributed by atoms with Gasteiger partial charge in [0.2, 0.25) is 0 Å². The highest BCUT2D eigenvalue weighted by Gasteiger charge is 2.14. The molecule has 0 radical (unpaired) electrons. The molecule has 1 saturated heterocycles. The quantitative estimate of drug-likeness (QED) is 0.746. The predicted molar refractivity (Wildman–Crippen MR) is 61.0 cm³/mol. The van der Waals surface area contributed by atoms with Crippen molar-refractivity contribution in [1.29, 1.82) is 0 Å². The van der Waals surface area contributed by atoms with Crippen LogP contribution in [-0.2, 0) is 18.3 Å². The van der Waals surface area contributed by atoms with E-state index in [0.29, 0.717) is 0 Å². The monoisotopic (exact) mass is 224 g/mol. The molecule has 1 N–H and O–H groups in total. The van der Waals surface area contributed by atoms with Gasteiger partial charge in [-0.05, 0) is 32.2 Å². The van der Waals surface area contributed by atoms with E-state index < -0.39 is 0 Å². The molecule has 1 aliphatic heterocycles. The summed E-state index contributed by atoms with van der Waals surface area (Å²) in [6.07, 6.45) is 2.40. The number of aryl methyl sites for hydroxylation is 1. The lowest BCUT2D eigenvalue weighted by molar-refractivity contribution is 0.184. The predicted octanol–water partition coefficient (Wildman–Crippen LogP) is 0.640. The zero-order valence-electron chi connectivity index (χ0n) is 10.1. The van der Waals surface area contributed by atoms with E-state index in [1.54, 1.807) is 0 Å². The second-order valence-electron chi connectivity index (χ2n) is 4.42. The van der Waals surface area contributed by atoms with Crippen LogP contribution >= 0.6 is 0 Å². The molecule has 5 nitrogen and oxygen atoms in total. The zero-order chi connectivity index (χ0) is 11.4. The molecule has 0 amide bonds. The van der Waals surface area contributed by atoms with Gasteiger partial charge in [-0.1, -0.05) is 0 Å². The third kappa shape index (κ3) is 2.80. The molecule has 2 rings (SSSR count). The fourth-order valence-corrected chi connectivity index (χ4v) is 1.92. The maximum atomic E-state index is 5.34. The molecule has 0 spiro atoms. The van der Waals surface area contributed by atoms with Crippen molar-refractivity contribution in [2.45, 2.75) is 26.3 Å². The molecule has 0 aromatic carbocycles. The maximum absolute atomic E-state index is 5.34. The summed E-state index contributed by atoms with van der Waals surface area (Å²) >= 11 is 0. The van der Waals surface area contributed by atoms with Crippen molar-refractivity contribution < 1.29 is 4.74 Å². The van der Waals surface area contributed by atoms with Crippen LogP contribution in [0.25, 0.3) is 0 Å². The van der Waals surface area contributed by atoms with Crippen molar-refractivity contribution in [2.75, 3.05) is 19.8 Å². The number of nitrogens with one attached hydrogen (secondary N) is 1. The Hall–Kier alpha value is -0.940. The smallest absolute Gasteiger partial charge is 0.146 e. The molecule has 1 aromatic heterocycles. The summed E-state index contributed by atoms with van der Waals surface area (Å²) in [7, 11) is 2.00. The molecule has 0 saturated carbocycles. The fourth-order valence-electron chi connectivity index (χ4n) is 1.92. The van der Waals surface area contributed by atoms with Crippen LogP contribution in [0.1, 0.15) is 24.5 Å². The maximum Gasteiger partial charge on any atom is 0.146 e. The molecule has 1 aromatic rings. The van der Waals surface area contributed by atoms with Gasteiger partial charge < -0.3 is 14.6 Å². The molecule has 0 bridgehead atoms. The Morgan fingerprint density at radius 1 is 1.50 bits per heavy atom. The topological polar surface area (TPSA) is 52.0 Å². The lowest BCUT2D eigenvalue weighted by atomic mass is 10.1. The molecule has 2 heterocycles. The molecular formula is C11H20N4O. The normalized spacial score (nSPS) is 20.5. The van der Waals surface area contributed by atoms with E-state index in [1.165, 1.54) is 12.8 Å². The van der Waals surface area contributed by atoms with Gasteiger partial charge in [0.15, 0.2) is 0 Å². The van der Waals surface area contributed by atoms with Gasteiger partial charge >= 0.3 is 0 Å². The highest BCUT2D eigenvalue weighted by atomic mass is 16.5. The first-order chi connectivity index (χ1) is 7.77. The SMILES string of the molecule is Cc1nnc(CNCCC2CCOC2)n1C. The Morgan fingerprint density at radius 3 is 3.00 bits per heavy atom. The highest BCUT2D eigenvalue weighted by molar-refractivity contribution is 4.91. The van der Waals surface area contributed by atoms with E-state index in [0.717, 1.165) is 43.9 Å². The number of rotatable bonds is 5. The summed E-state index contributed by atoms with van der Waals surface area (Å²) in [6, 6.07) is 0. The Balaban J connectivity index is 1.66. The van der Waals surface area contributed by atoms with Gasteiger partial charge in [-0.25, -0.2) is 0 Å². The first kappa shape index (κ1) is 11.5. The van der Waals surface area contributed by atoms with Gasteiger partial charge in [0.25, 0.3) is 0 Å². The van der Waals surface area contributed by atoms with Crippen LogP contribution in [0.3, 0.4) is 0 Å². The van der Waals surface area contributed by atoms with Gasteiger partial charge in [-0.3, -0.25) is 0 Å². The minimum absolute atomic E-state index is 0.744. The summed E-state index contributed by atoms with van der Waals surface area (Å²) in [4.78, 5) is 0. The number of hydrogen-bond donors (Lipinski definition) is 1.